The number of alkyl halides is 3. The lowest BCUT2D eigenvalue weighted by Crippen LogP contribution is -2.39. The number of thiazole rings is 1. The second kappa shape index (κ2) is 10.0. The third-order valence-electron chi connectivity index (χ3n) is 4.32. The minimum absolute atomic E-state index is 0.0923. The Morgan fingerprint density at radius 2 is 1.97 bits per heavy atom. The van der Waals surface area contributed by atoms with Crippen molar-refractivity contribution in [2.24, 2.45) is 0 Å². The molecule has 2 N–H and O–H groups in total. The lowest BCUT2D eigenvalue weighted by Gasteiger charge is -2.18. The molecule has 0 aliphatic rings. The third kappa shape index (κ3) is 6.24. The number of hydrogen-bond acceptors (Lipinski definition) is 5. The van der Waals surface area contributed by atoms with Crippen molar-refractivity contribution in [1.82, 2.24) is 15.2 Å². The van der Waals surface area contributed by atoms with Crippen LogP contribution in [0.2, 0.25) is 5.02 Å². The zero-order valence-corrected chi connectivity index (χ0v) is 18.3. The Hall–Kier alpha value is -3.05. The number of rotatable bonds is 6. The lowest BCUT2D eigenvalue weighted by atomic mass is 10.2. The summed E-state index contributed by atoms with van der Waals surface area (Å²) in [7, 11) is 1.54. The molecule has 3 aromatic rings. The average Bonchev–Trinajstić information content (AvgIpc) is 3.13. The first kappa shape index (κ1) is 23.6. The van der Waals surface area contributed by atoms with E-state index >= 15 is 0 Å². The number of nitrogens with one attached hydrogen (secondary N) is 2. The molecule has 0 saturated carbocycles. The molecule has 3 amide bonds. The molecular weight excluding hydrogens is 469 g/mol. The minimum atomic E-state index is -4.46. The van der Waals surface area contributed by atoms with Crippen LogP contribution in [-0.2, 0) is 17.5 Å². The predicted molar refractivity (Wildman–Crippen MR) is 116 cm³/mol. The number of carbonyl (C=O) groups excluding carboxylic acids is 2. The van der Waals surface area contributed by atoms with Crippen molar-refractivity contribution in [3.63, 3.8) is 0 Å². The van der Waals surface area contributed by atoms with Gasteiger partial charge < -0.3 is 15.0 Å². The minimum Gasteiger partial charge on any atom is -0.447 e. The van der Waals surface area contributed by atoms with E-state index in [2.05, 4.69) is 15.6 Å². The van der Waals surface area contributed by atoms with Gasteiger partial charge in [0, 0.05) is 18.6 Å². The first-order valence-electron chi connectivity index (χ1n) is 9.27. The fourth-order valence-electron chi connectivity index (χ4n) is 2.60. The highest BCUT2D eigenvalue weighted by Crippen LogP contribution is 2.34. The predicted octanol–water partition coefficient (Wildman–Crippen LogP) is 5.36. The van der Waals surface area contributed by atoms with Gasteiger partial charge in [-0.2, -0.15) is 13.2 Å². The van der Waals surface area contributed by atoms with Crippen molar-refractivity contribution < 1.29 is 27.5 Å². The number of halogens is 4. The summed E-state index contributed by atoms with van der Waals surface area (Å²) in [6.07, 6.45) is -5.29. The molecule has 32 heavy (non-hydrogen) atoms. The molecule has 0 saturated heterocycles. The molecule has 7 nitrogen and oxygen atoms in total. The number of ether oxygens (including phenoxy) is 1. The van der Waals surface area contributed by atoms with Gasteiger partial charge in [0.2, 0.25) is 0 Å². The molecule has 0 fully saturated rings. The van der Waals surface area contributed by atoms with E-state index in [0.29, 0.717) is 10.5 Å². The maximum absolute atomic E-state index is 12.8. The lowest BCUT2D eigenvalue weighted by molar-refractivity contribution is -0.137. The van der Waals surface area contributed by atoms with Gasteiger partial charge >= 0.3 is 18.3 Å². The van der Waals surface area contributed by atoms with Gasteiger partial charge in [0.05, 0.1) is 22.3 Å². The van der Waals surface area contributed by atoms with Crippen LogP contribution in [0.25, 0.3) is 10.2 Å². The fourth-order valence-corrected chi connectivity index (χ4v) is 3.70. The smallest absolute Gasteiger partial charge is 0.416 e. The van der Waals surface area contributed by atoms with Crippen LogP contribution in [0, 0.1) is 0 Å². The molecule has 1 heterocycles. The van der Waals surface area contributed by atoms with E-state index in [1.165, 1.54) is 18.0 Å². The van der Waals surface area contributed by atoms with E-state index in [-0.39, 0.29) is 35.6 Å². The van der Waals surface area contributed by atoms with Crippen molar-refractivity contribution in [3.8, 4) is 0 Å². The molecule has 12 heteroatoms. The molecule has 1 aromatic heterocycles. The number of benzene rings is 2. The number of urea groups is 1. The van der Waals surface area contributed by atoms with Gasteiger partial charge in [-0.1, -0.05) is 41.1 Å². The van der Waals surface area contributed by atoms with Crippen LogP contribution in [0.15, 0.2) is 42.5 Å². The second-order valence-electron chi connectivity index (χ2n) is 6.63. The Bertz CT molecular complexity index is 1120. The van der Waals surface area contributed by atoms with E-state index in [1.807, 2.05) is 6.07 Å². The number of hydrogen-bond donors (Lipinski definition) is 2. The number of nitrogens with zero attached hydrogens (tertiary/aromatic N) is 2. The molecular formula is C20H18ClF3N4O3S. The fraction of sp³-hybridized carbons (Fsp3) is 0.250. The standard InChI is InChI=1S/C20H18ClF3N4O3S/c1-28(18(29)25-11-12-4-2-3-5-14(12)21)8-9-31-19(30)27-17-26-15-7-6-13(20(22,23)24)10-16(15)32-17/h2-7,10H,8-9,11H2,1H3,(H,25,29)(H,26,27,30). The van der Waals surface area contributed by atoms with Crippen molar-refractivity contribution in [2.75, 3.05) is 25.5 Å². The molecule has 0 aliphatic carbocycles. The quantitative estimate of drug-likeness (QED) is 0.491. The van der Waals surface area contributed by atoms with Gasteiger partial charge in [0.15, 0.2) is 5.13 Å². The van der Waals surface area contributed by atoms with Crippen LogP contribution in [0.5, 0.6) is 0 Å². The van der Waals surface area contributed by atoms with Gasteiger partial charge in [0.25, 0.3) is 0 Å². The summed E-state index contributed by atoms with van der Waals surface area (Å²) >= 11 is 6.94. The highest BCUT2D eigenvalue weighted by Gasteiger charge is 2.30. The summed E-state index contributed by atoms with van der Waals surface area (Å²) in [6, 6.07) is 9.88. The molecule has 0 aliphatic heterocycles. The largest absolute Gasteiger partial charge is 0.447 e. The Morgan fingerprint density at radius 1 is 1.22 bits per heavy atom. The molecule has 0 radical (unpaired) electrons. The maximum Gasteiger partial charge on any atom is 0.416 e. The number of aromatic nitrogens is 1. The van der Waals surface area contributed by atoms with Gasteiger partial charge in [-0.3, -0.25) is 5.32 Å². The number of anilines is 1. The monoisotopic (exact) mass is 486 g/mol. The van der Waals surface area contributed by atoms with E-state index in [9.17, 15) is 22.8 Å². The summed E-state index contributed by atoms with van der Waals surface area (Å²) in [5.74, 6) is 0. The topological polar surface area (TPSA) is 83.6 Å². The number of carbonyl (C=O) groups is 2. The van der Waals surface area contributed by atoms with Crippen LogP contribution in [0.3, 0.4) is 0 Å². The number of fused-ring (bicyclic) bond motifs is 1. The third-order valence-corrected chi connectivity index (χ3v) is 5.62. The zero-order chi connectivity index (χ0) is 23.3. The van der Waals surface area contributed by atoms with Gasteiger partial charge in [-0.15, -0.1) is 0 Å². The zero-order valence-electron chi connectivity index (χ0n) is 16.7. The molecule has 170 valence electrons. The summed E-state index contributed by atoms with van der Waals surface area (Å²) in [5.41, 5.74) is 0.302. The van der Waals surface area contributed by atoms with E-state index < -0.39 is 17.8 Å². The van der Waals surface area contributed by atoms with E-state index in [1.54, 1.807) is 18.2 Å². The van der Waals surface area contributed by atoms with Crippen molar-refractivity contribution in [3.05, 3.63) is 58.6 Å². The molecule has 3 rings (SSSR count). The average molecular weight is 487 g/mol. The van der Waals surface area contributed by atoms with Gasteiger partial charge in [-0.25, -0.2) is 14.6 Å². The van der Waals surface area contributed by atoms with Crippen molar-refractivity contribution in [1.29, 1.82) is 0 Å². The van der Waals surface area contributed by atoms with Crippen LogP contribution < -0.4 is 10.6 Å². The Labute approximate surface area is 190 Å². The molecule has 0 atom stereocenters. The molecule has 2 aromatic carbocycles. The van der Waals surface area contributed by atoms with Crippen LogP contribution in [0.4, 0.5) is 27.9 Å². The molecule has 0 unspecified atom stereocenters. The van der Waals surface area contributed by atoms with Gasteiger partial charge in [0.1, 0.15) is 6.61 Å². The summed E-state index contributed by atoms with van der Waals surface area (Å²) in [6.45, 7) is 0.277. The summed E-state index contributed by atoms with van der Waals surface area (Å²) in [5, 5.41) is 5.73. The highest BCUT2D eigenvalue weighted by molar-refractivity contribution is 7.22. The normalized spacial score (nSPS) is 11.3. The Morgan fingerprint density at radius 3 is 2.69 bits per heavy atom. The summed E-state index contributed by atoms with van der Waals surface area (Å²) in [4.78, 5) is 29.4. The SMILES string of the molecule is CN(CCOC(=O)Nc1nc2ccc(C(F)(F)F)cc2s1)C(=O)NCc1ccccc1Cl. The Balaban J connectivity index is 1.44. The van der Waals surface area contributed by atoms with Crippen LogP contribution >= 0.6 is 22.9 Å². The number of amides is 3. The van der Waals surface area contributed by atoms with Crippen molar-refractivity contribution >= 4 is 50.4 Å². The first-order chi connectivity index (χ1) is 15.1. The molecule has 0 spiro atoms. The first-order valence-corrected chi connectivity index (χ1v) is 10.5. The molecule has 0 bridgehead atoms. The van der Waals surface area contributed by atoms with E-state index in [4.69, 9.17) is 16.3 Å². The van der Waals surface area contributed by atoms with Crippen LogP contribution in [-0.4, -0.2) is 42.2 Å². The highest BCUT2D eigenvalue weighted by atomic mass is 35.5. The second-order valence-corrected chi connectivity index (χ2v) is 8.07. The maximum atomic E-state index is 12.8. The Kier molecular flexibility index (Phi) is 7.41. The van der Waals surface area contributed by atoms with E-state index in [0.717, 1.165) is 29.0 Å². The summed E-state index contributed by atoms with van der Waals surface area (Å²) < 4.78 is 43.7. The van der Waals surface area contributed by atoms with Gasteiger partial charge in [-0.05, 0) is 29.8 Å². The van der Waals surface area contributed by atoms with Crippen molar-refractivity contribution in [2.45, 2.75) is 12.7 Å². The number of likely N-dealkylation sites (N-methyl/N-ethyl adjacent to an activating group) is 1. The van der Waals surface area contributed by atoms with Crippen LogP contribution in [0.1, 0.15) is 11.1 Å².